The Morgan fingerprint density at radius 2 is 1.82 bits per heavy atom. The van der Waals surface area contributed by atoms with Crippen molar-refractivity contribution >= 4 is 28.6 Å². The zero-order chi connectivity index (χ0) is 22.8. The molecule has 0 radical (unpaired) electrons. The normalized spacial score (nSPS) is 15.2. The van der Waals surface area contributed by atoms with Crippen LogP contribution in [0.4, 0.5) is 0 Å². The van der Waals surface area contributed by atoms with Crippen molar-refractivity contribution in [3.8, 4) is 5.69 Å². The van der Waals surface area contributed by atoms with Gasteiger partial charge in [-0.05, 0) is 61.6 Å². The van der Waals surface area contributed by atoms with Gasteiger partial charge in [-0.3, -0.25) is 14.2 Å². The number of thioether (sulfide) groups is 1. The molecule has 166 valence electrons. The Labute approximate surface area is 196 Å². The van der Waals surface area contributed by atoms with Crippen LogP contribution in [0.1, 0.15) is 35.6 Å². The van der Waals surface area contributed by atoms with Crippen LogP contribution in [0, 0.1) is 6.92 Å². The fourth-order valence-electron chi connectivity index (χ4n) is 4.40. The topological polar surface area (TPSA) is 64.0 Å². The molecule has 3 aromatic carbocycles. The second-order valence-corrected chi connectivity index (χ2v) is 9.33. The number of fused-ring (bicyclic) bond motifs is 2. The van der Waals surface area contributed by atoms with Crippen molar-refractivity contribution in [1.82, 2.24) is 14.9 Å². The van der Waals surface area contributed by atoms with Crippen LogP contribution in [-0.2, 0) is 11.2 Å². The SMILES string of the molecule is Cc1ccc(-n2c(SCC(=O)N[C@H]3CCCc4ccccc43)nc3ccccc3c2=O)cc1. The molecule has 4 aromatic rings. The van der Waals surface area contributed by atoms with Crippen LogP contribution in [-0.4, -0.2) is 21.2 Å². The summed E-state index contributed by atoms with van der Waals surface area (Å²) in [7, 11) is 0. The minimum atomic E-state index is -0.131. The van der Waals surface area contributed by atoms with Gasteiger partial charge < -0.3 is 5.32 Å². The van der Waals surface area contributed by atoms with Gasteiger partial charge in [-0.1, -0.05) is 65.9 Å². The van der Waals surface area contributed by atoms with Crippen LogP contribution < -0.4 is 10.9 Å². The van der Waals surface area contributed by atoms with E-state index >= 15 is 0 Å². The smallest absolute Gasteiger partial charge is 0.266 e. The first kappa shape index (κ1) is 21.5. The number of aromatic nitrogens is 2. The van der Waals surface area contributed by atoms with Crippen molar-refractivity contribution in [3.05, 3.63) is 99.8 Å². The summed E-state index contributed by atoms with van der Waals surface area (Å²) in [4.78, 5) is 31.0. The molecule has 0 bridgehead atoms. The minimum absolute atomic E-state index is 0.0342. The first-order valence-electron chi connectivity index (χ1n) is 11.2. The van der Waals surface area contributed by atoms with Gasteiger partial charge >= 0.3 is 0 Å². The minimum Gasteiger partial charge on any atom is -0.349 e. The second-order valence-electron chi connectivity index (χ2n) is 8.39. The molecule has 1 atom stereocenters. The van der Waals surface area contributed by atoms with Crippen LogP contribution in [0.3, 0.4) is 0 Å². The summed E-state index contributed by atoms with van der Waals surface area (Å²) in [5.74, 6) is 0.134. The standard InChI is InChI=1S/C27H25N3O2S/c1-18-13-15-20(16-14-18)30-26(32)22-10-4-5-11-24(22)29-27(30)33-17-25(31)28-23-12-6-8-19-7-2-3-9-21(19)23/h2-5,7,9-11,13-16,23H,6,8,12,17H2,1H3,(H,28,31)/t23-/m0/s1. The molecule has 0 saturated heterocycles. The number of carbonyl (C=O) groups excluding carboxylic acids is 1. The predicted molar refractivity (Wildman–Crippen MR) is 133 cm³/mol. The molecule has 1 aliphatic rings. The molecule has 5 rings (SSSR count). The lowest BCUT2D eigenvalue weighted by atomic mass is 9.88. The van der Waals surface area contributed by atoms with Gasteiger partial charge in [0.1, 0.15) is 0 Å². The molecule has 1 N–H and O–H groups in total. The van der Waals surface area contributed by atoms with Crippen LogP contribution in [0.25, 0.3) is 16.6 Å². The summed E-state index contributed by atoms with van der Waals surface area (Å²) in [5, 5.41) is 4.27. The van der Waals surface area contributed by atoms with E-state index in [1.807, 2.05) is 55.5 Å². The first-order chi connectivity index (χ1) is 16.1. The lowest BCUT2D eigenvalue weighted by molar-refractivity contribution is -0.119. The largest absolute Gasteiger partial charge is 0.349 e. The maximum Gasteiger partial charge on any atom is 0.266 e. The van der Waals surface area contributed by atoms with Crippen molar-refractivity contribution in [1.29, 1.82) is 0 Å². The number of rotatable bonds is 5. The average Bonchev–Trinajstić information content (AvgIpc) is 2.84. The number of hydrogen-bond acceptors (Lipinski definition) is 4. The lowest BCUT2D eigenvalue weighted by Gasteiger charge is -2.26. The predicted octanol–water partition coefficient (Wildman–Crippen LogP) is 4.98. The fourth-order valence-corrected chi connectivity index (χ4v) is 5.22. The van der Waals surface area contributed by atoms with Gasteiger partial charge in [-0.2, -0.15) is 0 Å². The molecular formula is C27H25N3O2S. The van der Waals surface area contributed by atoms with Crippen molar-refractivity contribution in [2.75, 3.05) is 5.75 Å². The molecule has 0 aliphatic heterocycles. The van der Waals surface area contributed by atoms with Crippen molar-refractivity contribution < 1.29 is 4.79 Å². The molecule has 5 nitrogen and oxygen atoms in total. The number of nitrogens with zero attached hydrogens (tertiary/aromatic N) is 2. The van der Waals surface area contributed by atoms with Gasteiger partial charge in [0.05, 0.1) is 28.4 Å². The maximum absolute atomic E-state index is 13.3. The van der Waals surface area contributed by atoms with Gasteiger partial charge in [0.25, 0.3) is 5.56 Å². The summed E-state index contributed by atoms with van der Waals surface area (Å²) in [6.07, 6.45) is 3.06. The molecule has 1 aromatic heterocycles. The Kier molecular flexibility index (Phi) is 6.01. The van der Waals surface area contributed by atoms with Gasteiger partial charge in [0.15, 0.2) is 5.16 Å². The number of benzene rings is 3. The van der Waals surface area contributed by atoms with E-state index in [9.17, 15) is 9.59 Å². The third-order valence-electron chi connectivity index (χ3n) is 6.07. The Morgan fingerprint density at radius 1 is 1.06 bits per heavy atom. The zero-order valence-corrected chi connectivity index (χ0v) is 19.3. The molecule has 1 aliphatic carbocycles. The summed E-state index contributed by atoms with van der Waals surface area (Å²) in [6, 6.07) is 23.5. The highest BCUT2D eigenvalue weighted by Gasteiger charge is 2.22. The van der Waals surface area contributed by atoms with E-state index in [0.717, 1.165) is 30.5 Å². The quantitative estimate of drug-likeness (QED) is 0.341. The molecular weight excluding hydrogens is 430 g/mol. The molecule has 1 heterocycles. The monoisotopic (exact) mass is 455 g/mol. The van der Waals surface area contributed by atoms with E-state index in [1.165, 1.54) is 22.9 Å². The van der Waals surface area contributed by atoms with E-state index in [-0.39, 0.29) is 23.3 Å². The Morgan fingerprint density at radius 3 is 2.67 bits per heavy atom. The molecule has 33 heavy (non-hydrogen) atoms. The zero-order valence-electron chi connectivity index (χ0n) is 18.5. The number of hydrogen-bond donors (Lipinski definition) is 1. The average molecular weight is 456 g/mol. The van der Waals surface area contributed by atoms with E-state index < -0.39 is 0 Å². The first-order valence-corrected chi connectivity index (χ1v) is 12.2. The molecule has 0 spiro atoms. The number of nitrogens with one attached hydrogen (secondary N) is 1. The fraction of sp³-hybridized carbons (Fsp3) is 0.222. The molecule has 6 heteroatoms. The number of carbonyl (C=O) groups is 1. The van der Waals surface area contributed by atoms with E-state index in [0.29, 0.717) is 16.1 Å². The van der Waals surface area contributed by atoms with Crippen LogP contribution in [0.5, 0.6) is 0 Å². The van der Waals surface area contributed by atoms with Gasteiger partial charge in [-0.15, -0.1) is 0 Å². The molecule has 0 saturated carbocycles. The van der Waals surface area contributed by atoms with E-state index in [2.05, 4.69) is 23.5 Å². The Balaban J connectivity index is 1.42. The van der Waals surface area contributed by atoms with Gasteiger partial charge in [-0.25, -0.2) is 4.98 Å². The highest BCUT2D eigenvalue weighted by molar-refractivity contribution is 7.99. The highest BCUT2D eigenvalue weighted by Crippen LogP contribution is 2.30. The Hall–Kier alpha value is -3.38. The maximum atomic E-state index is 13.3. The van der Waals surface area contributed by atoms with Crippen molar-refractivity contribution in [2.24, 2.45) is 0 Å². The van der Waals surface area contributed by atoms with Crippen molar-refractivity contribution in [3.63, 3.8) is 0 Å². The van der Waals surface area contributed by atoms with Crippen LogP contribution in [0.2, 0.25) is 0 Å². The Bertz CT molecular complexity index is 1380. The molecule has 1 amide bonds. The van der Waals surface area contributed by atoms with Gasteiger partial charge in [0.2, 0.25) is 5.91 Å². The highest BCUT2D eigenvalue weighted by atomic mass is 32.2. The van der Waals surface area contributed by atoms with Gasteiger partial charge in [0, 0.05) is 0 Å². The third kappa shape index (κ3) is 4.44. The van der Waals surface area contributed by atoms with Crippen molar-refractivity contribution in [2.45, 2.75) is 37.4 Å². The third-order valence-corrected chi connectivity index (χ3v) is 7.01. The number of para-hydroxylation sites is 1. The summed E-state index contributed by atoms with van der Waals surface area (Å²) in [5.41, 5.74) is 4.88. The summed E-state index contributed by atoms with van der Waals surface area (Å²) in [6.45, 7) is 2.01. The van der Waals surface area contributed by atoms with Crippen LogP contribution >= 0.6 is 11.8 Å². The molecule has 0 fully saturated rings. The van der Waals surface area contributed by atoms with E-state index in [4.69, 9.17) is 4.98 Å². The number of aryl methyl sites for hydroxylation is 2. The number of amides is 1. The van der Waals surface area contributed by atoms with Crippen LogP contribution in [0.15, 0.2) is 82.7 Å². The second kappa shape index (κ2) is 9.24. The summed E-state index contributed by atoms with van der Waals surface area (Å²) >= 11 is 1.29. The van der Waals surface area contributed by atoms with E-state index in [1.54, 1.807) is 10.6 Å². The summed E-state index contributed by atoms with van der Waals surface area (Å²) < 4.78 is 1.61. The lowest BCUT2D eigenvalue weighted by Crippen LogP contribution is -2.32. The molecule has 0 unspecified atom stereocenters.